The van der Waals surface area contributed by atoms with E-state index in [1.54, 1.807) is 0 Å². The number of aliphatic hydroxyl groups is 1. The second-order valence-electron chi connectivity index (χ2n) is 6.44. The van der Waals surface area contributed by atoms with Crippen molar-refractivity contribution in [1.82, 2.24) is 0 Å². The van der Waals surface area contributed by atoms with Crippen molar-refractivity contribution < 1.29 is 25.2 Å². The number of phenols is 2. The Labute approximate surface area is 141 Å². The van der Waals surface area contributed by atoms with Crippen LogP contribution >= 0.6 is 0 Å². The summed E-state index contributed by atoms with van der Waals surface area (Å²) in [4.78, 5) is 10.7. The molecule has 5 heteroatoms. The predicted octanol–water partition coefficient (Wildman–Crippen LogP) is 3.10. The quantitative estimate of drug-likeness (QED) is 0.600. The van der Waals surface area contributed by atoms with Gasteiger partial charge in [0.15, 0.2) is 0 Å². The van der Waals surface area contributed by atoms with Gasteiger partial charge in [0, 0.05) is 17.9 Å². The Morgan fingerprint density at radius 3 is 2.42 bits per heavy atom. The molecule has 4 N–H and O–H groups in total. The molecule has 1 aromatic rings. The van der Waals surface area contributed by atoms with Gasteiger partial charge in [0.2, 0.25) is 0 Å². The molecule has 0 saturated heterocycles. The molecule has 2 rings (SSSR count). The van der Waals surface area contributed by atoms with Crippen molar-refractivity contribution >= 4 is 5.97 Å². The summed E-state index contributed by atoms with van der Waals surface area (Å²) in [5.41, 5.74) is 2.83. The Kier molecular flexibility index (Phi) is 5.67. The van der Waals surface area contributed by atoms with Gasteiger partial charge < -0.3 is 20.4 Å². The minimum atomic E-state index is -0.928. The van der Waals surface area contributed by atoms with E-state index in [0.29, 0.717) is 11.1 Å². The van der Waals surface area contributed by atoms with E-state index in [-0.39, 0.29) is 42.8 Å². The number of allylic oxidation sites excluding steroid dienone is 2. The Morgan fingerprint density at radius 2 is 1.92 bits per heavy atom. The lowest BCUT2D eigenvalue weighted by molar-refractivity contribution is -0.136. The number of carboxylic acids is 1. The number of aliphatic hydroxyl groups excluding tert-OH is 1. The summed E-state index contributed by atoms with van der Waals surface area (Å²) >= 11 is 0. The van der Waals surface area contributed by atoms with Gasteiger partial charge in [-0.2, -0.15) is 0 Å². The van der Waals surface area contributed by atoms with Crippen molar-refractivity contribution in [2.75, 3.05) is 6.61 Å². The number of carboxylic acid groups (broad SMARTS) is 1. The van der Waals surface area contributed by atoms with Crippen LogP contribution in [0.2, 0.25) is 0 Å². The zero-order chi connectivity index (χ0) is 17.9. The largest absolute Gasteiger partial charge is 0.507 e. The van der Waals surface area contributed by atoms with Crippen LogP contribution in [0.3, 0.4) is 0 Å². The van der Waals surface area contributed by atoms with E-state index < -0.39 is 5.97 Å². The van der Waals surface area contributed by atoms with Gasteiger partial charge >= 0.3 is 5.97 Å². The van der Waals surface area contributed by atoms with Crippen molar-refractivity contribution in [3.05, 3.63) is 47.1 Å². The SMILES string of the molecule is C=C(C)[C@@H]1CCC(CO)=C[C@H]1c1c(O)cc(CCC(=O)O)cc1O. The molecule has 1 aliphatic rings. The zero-order valence-corrected chi connectivity index (χ0v) is 13.8. The third-order valence-electron chi connectivity index (χ3n) is 4.62. The first-order chi connectivity index (χ1) is 11.3. The fraction of sp³-hybridized carbons (Fsp3) is 0.421. The number of aryl methyl sites for hydroxylation is 1. The minimum Gasteiger partial charge on any atom is -0.507 e. The summed E-state index contributed by atoms with van der Waals surface area (Å²) in [7, 11) is 0. The number of carbonyl (C=O) groups is 1. The zero-order valence-electron chi connectivity index (χ0n) is 13.8. The van der Waals surface area contributed by atoms with E-state index in [9.17, 15) is 20.1 Å². The number of phenolic OH excluding ortho intramolecular Hbond substituents is 2. The Bertz CT molecular complexity index is 651. The van der Waals surface area contributed by atoms with Crippen molar-refractivity contribution in [1.29, 1.82) is 0 Å². The van der Waals surface area contributed by atoms with Crippen LogP contribution in [-0.4, -0.2) is 33.0 Å². The van der Waals surface area contributed by atoms with Crippen LogP contribution in [0.15, 0.2) is 35.9 Å². The number of aliphatic carboxylic acids is 1. The Balaban J connectivity index is 2.41. The highest BCUT2D eigenvalue weighted by Gasteiger charge is 2.30. The van der Waals surface area contributed by atoms with Crippen LogP contribution < -0.4 is 0 Å². The van der Waals surface area contributed by atoms with E-state index in [1.165, 1.54) is 12.1 Å². The molecule has 2 atom stereocenters. The van der Waals surface area contributed by atoms with E-state index in [2.05, 4.69) is 6.58 Å². The highest BCUT2D eigenvalue weighted by molar-refractivity contribution is 5.67. The van der Waals surface area contributed by atoms with Gasteiger partial charge in [-0.25, -0.2) is 0 Å². The van der Waals surface area contributed by atoms with Crippen molar-refractivity contribution in [2.24, 2.45) is 5.92 Å². The van der Waals surface area contributed by atoms with Gasteiger partial charge in [0.05, 0.1) is 6.61 Å². The lowest BCUT2D eigenvalue weighted by Gasteiger charge is -2.31. The summed E-state index contributed by atoms with van der Waals surface area (Å²) in [6, 6.07) is 3.02. The van der Waals surface area contributed by atoms with Crippen LogP contribution in [0.25, 0.3) is 0 Å². The number of aromatic hydroxyl groups is 2. The summed E-state index contributed by atoms with van der Waals surface area (Å²) in [6.45, 7) is 5.89. The molecule has 1 aromatic carbocycles. The van der Waals surface area contributed by atoms with Crippen molar-refractivity contribution in [3.8, 4) is 11.5 Å². The topological polar surface area (TPSA) is 98.0 Å². The summed E-state index contributed by atoms with van der Waals surface area (Å²) in [5, 5.41) is 39.0. The molecular formula is C19H24O5. The number of rotatable bonds is 6. The van der Waals surface area contributed by atoms with E-state index in [1.807, 2.05) is 13.0 Å². The lowest BCUT2D eigenvalue weighted by atomic mass is 9.73. The molecule has 0 unspecified atom stereocenters. The fourth-order valence-corrected chi connectivity index (χ4v) is 3.36. The summed E-state index contributed by atoms with van der Waals surface area (Å²) in [6.07, 6.45) is 3.64. The molecule has 0 aliphatic heterocycles. The maximum absolute atomic E-state index is 10.7. The molecule has 0 fully saturated rings. The third kappa shape index (κ3) is 3.97. The lowest BCUT2D eigenvalue weighted by Crippen LogP contribution is -2.18. The van der Waals surface area contributed by atoms with Gasteiger partial charge in [0.1, 0.15) is 11.5 Å². The molecule has 0 amide bonds. The third-order valence-corrected chi connectivity index (χ3v) is 4.62. The maximum atomic E-state index is 10.7. The molecule has 5 nitrogen and oxygen atoms in total. The highest BCUT2D eigenvalue weighted by atomic mass is 16.4. The maximum Gasteiger partial charge on any atom is 0.303 e. The van der Waals surface area contributed by atoms with Gasteiger partial charge in [-0.1, -0.05) is 18.2 Å². The van der Waals surface area contributed by atoms with Gasteiger partial charge in [-0.3, -0.25) is 4.79 Å². The molecular weight excluding hydrogens is 308 g/mol. The number of benzene rings is 1. The summed E-state index contributed by atoms with van der Waals surface area (Å²) < 4.78 is 0. The van der Waals surface area contributed by atoms with E-state index in [0.717, 1.165) is 24.0 Å². The van der Waals surface area contributed by atoms with Crippen LogP contribution in [0, 0.1) is 5.92 Å². The van der Waals surface area contributed by atoms with Crippen LogP contribution in [0.5, 0.6) is 11.5 Å². The van der Waals surface area contributed by atoms with Crippen molar-refractivity contribution in [2.45, 2.75) is 38.5 Å². The standard InChI is InChI=1S/C19H24O5/c1-11(2)14-5-3-13(10-20)7-15(14)19-16(21)8-12(9-17(19)22)4-6-18(23)24/h7-9,14-15,20-22H,1,3-6,10H2,2H3,(H,23,24)/t14-,15+/m0/s1. The number of hydrogen-bond donors (Lipinski definition) is 4. The van der Waals surface area contributed by atoms with Crippen LogP contribution in [0.1, 0.15) is 43.2 Å². The second-order valence-corrected chi connectivity index (χ2v) is 6.44. The molecule has 0 spiro atoms. The first-order valence-corrected chi connectivity index (χ1v) is 8.05. The molecule has 0 radical (unpaired) electrons. The van der Waals surface area contributed by atoms with Crippen molar-refractivity contribution in [3.63, 3.8) is 0 Å². The molecule has 0 heterocycles. The fourth-order valence-electron chi connectivity index (χ4n) is 3.36. The Hall–Kier alpha value is -2.27. The monoisotopic (exact) mass is 332 g/mol. The summed E-state index contributed by atoms with van der Waals surface area (Å²) in [5.74, 6) is -1.22. The first-order valence-electron chi connectivity index (χ1n) is 8.05. The molecule has 1 aliphatic carbocycles. The van der Waals surface area contributed by atoms with Gasteiger partial charge in [-0.05, 0) is 55.4 Å². The molecule has 0 bridgehead atoms. The molecule has 0 saturated carbocycles. The average Bonchev–Trinajstić information content (AvgIpc) is 2.51. The second kappa shape index (κ2) is 7.53. The predicted molar refractivity (Wildman–Crippen MR) is 91.2 cm³/mol. The first kappa shape index (κ1) is 18.1. The minimum absolute atomic E-state index is 0.0440. The van der Waals surface area contributed by atoms with Gasteiger partial charge in [0.25, 0.3) is 0 Å². The molecule has 0 aromatic heterocycles. The molecule has 24 heavy (non-hydrogen) atoms. The van der Waals surface area contributed by atoms with E-state index in [4.69, 9.17) is 5.11 Å². The van der Waals surface area contributed by atoms with Crippen LogP contribution in [0.4, 0.5) is 0 Å². The Morgan fingerprint density at radius 1 is 1.29 bits per heavy atom. The highest BCUT2D eigenvalue weighted by Crippen LogP contribution is 2.46. The average molecular weight is 332 g/mol. The van der Waals surface area contributed by atoms with E-state index >= 15 is 0 Å². The number of hydrogen-bond acceptors (Lipinski definition) is 4. The molecule has 130 valence electrons. The normalized spacial score (nSPS) is 20.5. The smallest absolute Gasteiger partial charge is 0.303 e. The van der Waals surface area contributed by atoms with Gasteiger partial charge in [-0.15, -0.1) is 0 Å². The van der Waals surface area contributed by atoms with Crippen LogP contribution in [-0.2, 0) is 11.2 Å².